The molecule has 78 valence electrons. The van der Waals surface area contributed by atoms with E-state index in [1.165, 1.54) is 6.92 Å². The van der Waals surface area contributed by atoms with Crippen molar-refractivity contribution in [3.63, 3.8) is 0 Å². The third kappa shape index (κ3) is 2.51. The fourth-order valence-corrected chi connectivity index (χ4v) is 1.30. The summed E-state index contributed by atoms with van der Waals surface area (Å²) in [5.41, 5.74) is 5.96. The molecule has 0 saturated carbocycles. The Hall–Kier alpha value is -0.960. The van der Waals surface area contributed by atoms with Crippen molar-refractivity contribution in [1.82, 2.24) is 0 Å². The Bertz CT molecular complexity index is 308. The predicted molar refractivity (Wildman–Crippen MR) is 53.5 cm³/mol. The predicted octanol–water partition coefficient (Wildman–Crippen LogP) is 2.52. The average molecular weight is 199 g/mol. The van der Waals surface area contributed by atoms with Gasteiger partial charge in [0, 0.05) is 0 Å². The first-order valence-electron chi connectivity index (χ1n) is 4.55. The largest absolute Gasteiger partial charge is 0.320 e. The third-order valence-corrected chi connectivity index (χ3v) is 2.33. The molecule has 1 unspecified atom stereocenters. The zero-order chi connectivity index (χ0) is 10.8. The first-order chi connectivity index (χ1) is 6.43. The van der Waals surface area contributed by atoms with Gasteiger partial charge in [0.25, 0.3) is 6.43 Å². The molecular formula is C11H15F2N. The van der Waals surface area contributed by atoms with Crippen molar-refractivity contribution in [2.24, 2.45) is 5.73 Å². The highest BCUT2D eigenvalue weighted by atomic mass is 19.3. The molecule has 1 aromatic carbocycles. The van der Waals surface area contributed by atoms with Crippen LogP contribution in [-0.2, 0) is 6.42 Å². The fourth-order valence-electron chi connectivity index (χ4n) is 1.30. The van der Waals surface area contributed by atoms with Gasteiger partial charge in [0.1, 0.15) is 0 Å². The molecular weight excluding hydrogens is 184 g/mol. The Kier molecular flexibility index (Phi) is 3.21. The van der Waals surface area contributed by atoms with Crippen LogP contribution < -0.4 is 5.73 Å². The van der Waals surface area contributed by atoms with Crippen LogP contribution in [0.25, 0.3) is 0 Å². The van der Waals surface area contributed by atoms with Crippen molar-refractivity contribution in [1.29, 1.82) is 0 Å². The van der Waals surface area contributed by atoms with Crippen LogP contribution in [0.3, 0.4) is 0 Å². The highest BCUT2D eigenvalue weighted by Gasteiger charge is 2.30. The molecule has 1 rings (SSSR count). The lowest BCUT2D eigenvalue weighted by molar-refractivity contribution is 0.0638. The van der Waals surface area contributed by atoms with E-state index in [2.05, 4.69) is 0 Å². The summed E-state index contributed by atoms with van der Waals surface area (Å²) in [4.78, 5) is 0. The fraction of sp³-hybridized carbons (Fsp3) is 0.455. The van der Waals surface area contributed by atoms with E-state index < -0.39 is 12.0 Å². The summed E-state index contributed by atoms with van der Waals surface area (Å²) in [6, 6.07) is 7.46. The van der Waals surface area contributed by atoms with Crippen LogP contribution >= 0.6 is 0 Å². The second-order valence-electron chi connectivity index (χ2n) is 3.91. The number of hydrogen-bond donors (Lipinski definition) is 1. The van der Waals surface area contributed by atoms with Crippen LogP contribution in [0.15, 0.2) is 24.3 Å². The topological polar surface area (TPSA) is 26.0 Å². The van der Waals surface area contributed by atoms with E-state index in [4.69, 9.17) is 5.73 Å². The van der Waals surface area contributed by atoms with Gasteiger partial charge in [-0.05, 0) is 31.4 Å². The van der Waals surface area contributed by atoms with Gasteiger partial charge in [0.15, 0.2) is 0 Å². The molecule has 0 aliphatic carbocycles. The summed E-state index contributed by atoms with van der Waals surface area (Å²) >= 11 is 0. The molecule has 0 spiro atoms. The first-order valence-corrected chi connectivity index (χ1v) is 4.55. The van der Waals surface area contributed by atoms with E-state index in [0.29, 0.717) is 0 Å². The number of alkyl halides is 2. The van der Waals surface area contributed by atoms with Crippen LogP contribution in [0.5, 0.6) is 0 Å². The molecule has 0 aliphatic heterocycles. The molecule has 0 fully saturated rings. The van der Waals surface area contributed by atoms with Gasteiger partial charge in [-0.3, -0.25) is 0 Å². The Labute approximate surface area is 82.9 Å². The van der Waals surface area contributed by atoms with Gasteiger partial charge in [-0.15, -0.1) is 0 Å². The molecule has 0 radical (unpaired) electrons. The quantitative estimate of drug-likeness (QED) is 0.795. The number of rotatable bonds is 3. The molecule has 14 heavy (non-hydrogen) atoms. The van der Waals surface area contributed by atoms with E-state index in [1.807, 2.05) is 31.2 Å². The van der Waals surface area contributed by atoms with Gasteiger partial charge in [-0.25, -0.2) is 8.78 Å². The minimum absolute atomic E-state index is 0.206. The molecule has 0 amide bonds. The molecule has 0 saturated heterocycles. The number of hydrogen-bond acceptors (Lipinski definition) is 1. The first kappa shape index (κ1) is 11.1. The van der Waals surface area contributed by atoms with Gasteiger partial charge >= 0.3 is 0 Å². The molecule has 1 nitrogen and oxygen atoms in total. The lowest BCUT2D eigenvalue weighted by Gasteiger charge is -2.24. The maximum absolute atomic E-state index is 12.5. The summed E-state index contributed by atoms with van der Waals surface area (Å²) in [6.07, 6.45) is -2.29. The standard InChI is InChI=1S/C11H15F2N/c1-8-5-3-4-6-9(8)7-11(2,14)10(12)13/h3-6,10H,7,14H2,1-2H3. The molecule has 2 N–H and O–H groups in total. The average Bonchev–Trinajstić information content (AvgIpc) is 2.08. The van der Waals surface area contributed by atoms with Gasteiger partial charge in [-0.2, -0.15) is 0 Å². The highest BCUT2D eigenvalue weighted by Crippen LogP contribution is 2.20. The normalized spacial score (nSPS) is 15.6. The summed E-state index contributed by atoms with van der Waals surface area (Å²) < 4.78 is 25.0. The second-order valence-corrected chi connectivity index (χ2v) is 3.91. The number of halogens is 2. The van der Waals surface area contributed by atoms with Crippen molar-refractivity contribution in [2.45, 2.75) is 32.2 Å². The number of nitrogens with two attached hydrogens (primary N) is 1. The molecule has 0 bridgehead atoms. The summed E-state index contributed by atoms with van der Waals surface area (Å²) in [6.45, 7) is 3.28. The van der Waals surface area contributed by atoms with Crippen LogP contribution in [-0.4, -0.2) is 12.0 Å². The van der Waals surface area contributed by atoms with E-state index in [1.54, 1.807) is 0 Å². The molecule has 0 aromatic heterocycles. The summed E-state index contributed by atoms with van der Waals surface area (Å²) in [5.74, 6) is 0. The van der Waals surface area contributed by atoms with Crippen LogP contribution in [0.2, 0.25) is 0 Å². The molecule has 0 heterocycles. The molecule has 1 aromatic rings. The van der Waals surface area contributed by atoms with Gasteiger partial charge in [0.2, 0.25) is 0 Å². The Balaban J connectivity index is 2.84. The monoisotopic (exact) mass is 199 g/mol. The number of benzene rings is 1. The highest BCUT2D eigenvalue weighted by molar-refractivity contribution is 5.27. The van der Waals surface area contributed by atoms with E-state index in [-0.39, 0.29) is 6.42 Å². The van der Waals surface area contributed by atoms with Crippen LogP contribution in [0.4, 0.5) is 8.78 Å². The van der Waals surface area contributed by atoms with Crippen LogP contribution in [0.1, 0.15) is 18.1 Å². The van der Waals surface area contributed by atoms with Crippen molar-refractivity contribution in [3.05, 3.63) is 35.4 Å². The van der Waals surface area contributed by atoms with E-state index >= 15 is 0 Å². The molecule has 3 heteroatoms. The maximum atomic E-state index is 12.5. The van der Waals surface area contributed by atoms with E-state index in [0.717, 1.165) is 11.1 Å². The zero-order valence-electron chi connectivity index (χ0n) is 8.43. The van der Waals surface area contributed by atoms with Gasteiger partial charge < -0.3 is 5.73 Å². The molecule has 1 atom stereocenters. The Morgan fingerprint density at radius 3 is 2.43 bits per heavy atom. The second kappa shape index (κ2) is 4.05. The van der Waals surface area contributed by atoms with Crippen LogP contribution in [0, 0.1) is 6.92 Å². The third-order valence-electron chi connectivity index (χ3n) is 2.33. The summed E-state index contributed by atoms with van der Waals surface area (Å²) in [5, 5.41) is 0. The number of aryl methyl sites for hydroxylation is 1. The molecule has 0 aliphatic rings. The Morgan fingerprint density at radius 2 is 1.93 bits per heavy atom. The van der Waals surface area contributed by atoms with Crippen molar-refractivity contribution in [2.75, 3.05) is 0 Å². The lowest BCUT2D eigenvalue weighted by atomic mass is 9.92. The minimum Gasteiger partial charge on any atom is -0.320 e. The van der Waals surface area contributed by atoms with E-state index in [9.17, 15) is 8.78 Å². The minimum atomic E-state index is -2.50. The van der Waals surface area contributed by atoms with Crippen molar-refractivity contribution >= 4 is 0 Å². The van der Waals surface area contributed by atoms with Crippen molar-refractivity contribution in [3.8, 4) is 0 Å². The SMILES string of the molecule is Cc1ccccc1CC(C)(N)C(F)F. The van der Waals surface area contributed by atoms with Gasteiger partial charge in [-0.1, -0.05) is 24.3 Å². The maximum Gasteiger partial charge on any atom is 0.256 e. The van der Waals surface area contributed by atoms with Gasteiger partial charge in [0.05, 0.1) is 5.54 Å². The van der Waals surface area contributed by atoms with Crippen molar-refractivity contribution < 1.29 is 8.78 Å². The smallest absolute Gasteiger partial charge is 0.256 e. The summed E-state index contributed by atoms with van der Waals surface area (Å²) in [7, 11) is 0. The lowest BCUT2D eigenvalue weighted by Crippen LogP contribution is -2.46. The zero-order valence-corrected chi connectivity index (χ0v) is 8.43. The Morgan fingerprint density at radius 1 is 1.36 bits per heavy atom.